The van der Waals surface area contributed by atoms with Gasteiger partial charge in [0.2, 0.25) is 5.91 Å². The Morgan fingerprint density at radius 3 is 2.45 bits per heavy atom. The van der Waals surface area contributed by atoms with Gasteiger partial charge >= 0.3 is 0 Å². The molecule has 1 heterocycles. The van der Waals surface area contributed by atoms with Crippen molar-refractivity contribution in [2.24, 2.45) is 0 Å². The van der Waals surface area contributed by atoms with E-state index < -0.39 is 0 Å². The van der Waals surface area contributed by atoms with Gasteiger partial charge in [-0.05, 0) is 44.5 Å². The van der Waals surface area contributed by atoms with Crippen LogP contribution in [-0.4, -0.2) is 60.9 Å². The molecule has 1 saturated heterocycles. The lowest BCUT2D eigenvalue weighted by atomic mass is 10.1. The molecule has 2 aromatic rings. The Hall–Kier alpha value is -2.86. The first-order valence-electron chi connectivity index (χ1n) is 10.1. The molecule has 1 aliphatic heterocycles. The van der Waals surface area contributed by atoms with Crippen LogP contribution in [0.3, 0.4) is 0 Å². The van der Waals surface area contributed by atoms with Gasteiger partial charge < -0.3 is 15.0 Å². The fourth-order valence-electron chi connectivity index (χ4n) is 3.55. The maximum atomic E-state index is 12.9. The molecule has 0 saturated carbocycles. The largest absolute Gasteiger partial charge is 0.493 e. The summed E-state index contributed by atoms with van der Waals surface area (Å²) in [7, 11) is 0. The number of anilines is 1. The van der Waals surface area contributed by atoms with Crippen LogP contribution in [0.25, 0.3) is 0 Å². The van der Waals surface area contributed by atoms with Gasteiger partial charge in [0.05, 0.1) is 18.7 Å². The van der Waals surface area contributed by atoms with Gasteiger partial charge in [-0.15, -0.1) is 0 Å². The topological polar surface area (TPSA) is 61.9 Å². The van der Waals surface area contributed by atoms with Gasteiger partial charge in [0, 0.05) is 31.9 Å². The first kappa shape index (κ1) is 20.9. The van der Waals surface area contributed by atoms with Crippen molar-refractivity contribution in [1.82, 2.24) is 9.80 Å². The van der Waals surface area contributed by atoms with E-state index in [1.807, 2.05) is 56.0 Å². The highest BCUT2D eigenvalue weighted by Gasteiger charge is 2.25. The molecule has 0 unspecified atom stereocenters. The third-order valence-corrected chi connectivity index (χ3v) is 5.10. The third kappa shape index (κ3) is 5.35. The molecule has 0 atom stereocenters. The molecular formula is C23H29N3O3. The number of piperazine rings is 1. The monoisotopic (exact) mass is 395 g/mol. The first-order valence-corrected chi connectivity index (χ1v) is 10.1. The van der Waals surface area contributed by atoms with Crippen LogP contribution >= 0.6 is 0 Å². The number of aryl methyl sites for hydroxylation is 2. The average Bonchev–Trinajstić information content (AvgIpc) is 2.71. The minimum atomic E-state index is -0.0292. The summed E-state index contributed by atoms with van der Waals surface area (Å²) in [6.45, 7) is 9.30. The third-order valence-electron chi connectivity index (χ3n) is 5.10. The van der Waals surface area contributed by atoms with Crippen molar-refractivity contribution in [3.8, 4) is 5.75 Å². The van der Waals surface area contributed by atoms with Crippen LogP contribution in [0, 0.1) is 13.8 Å². The van der Waals surface area contributed by atoms with E-state index in [2.05, 4.69) is 16.3 Å². The first-order chi connectivity index (χ1) is 14.0. The maximum Gasteiger partial charge on any atom is 0.257 e. The molecule has 1 N–H and O–H groups in total. The summed E-state index contributed by atoms with van der Waals surface area (Å²) in [5, 5.41) is 2.99. The predicted molar refractivity (Wildman–Crippen MR) is 115 cm³/mol. The SMILES string of the molecule is CCOc1ccccc1C(=O)N1CCN(CC(=O)Nc2ccc(C)cc2C)CC1. The fraction of sp³-hybridized carbons (Fsp3) is 0.391. The highest BCUT2D eigenvalue weighted by molar-refractivity contribution is 5.97. The van der Waals surface area contributed by atoms with Crippen LogP contribution < -0.4 is 10.1 Å². The Balaban J connectivity index is 1.52. The lowest BCUT2D eigenvalue weighted by molar-refractivity contribution is -0.117. The van der Waals surface area contributed by atoms with Gasteiger partial charge in [-0.3, -0.25) is 14.5 Å². The smallest absolute Gasteiger partial charge is 0.257 e. The number of benzene rings is 2. The Morgan fingerprint density at radius 2 is 1.76 bits per heavy atom. The fourth-order valence-corrected chi connectivity index (χ4v) is 3.55. The minimum absolute atomic E-state index is 0.0200. The summed E-state index contributed by atoms with van der Waals surface area (Å²) in [5.74, 6) is 0.571. The van der Waals surface area contributed by atoms with Gasteiger partial charge in [-0.1, -0.05) is 29.8 Å². The highest BCUT2D eigenvalue weighted by atomic mass is 16.5. The van der Waals surface area contributed by atoms with E-state index in [-0.39, 0.29) is 11.8 Å². The minimum Gasteiger partial charge on any atom is -0.493 e. The van der Waals surface area contributed by atoms with Crippen LogP contribution in [0.4, 0.5) is 5.69 Å². The van der Waals surface area contributed by atoms with Crippen molar-refractivity contribution in [1.29, 1.82) is 0 Å². The van der Waals surface area contributed by atoms with Gasteiger partial charge in [0.1, 0.15) is 5.75 Å². The molecule has 154 valence electrons. The molecule has 29 heavy (non-hydrogen) atoms. The molecule has 1 fully saturated rings. The van der Waals surface area contributed by atoms with Crippen LogP contribution in [0.5, 0.6) is 5.75 Å². The number of ether oxygens (including phenoxy) is 1. The van der Waals surface area contributed by atoms with Crippen molar-refractivity contribution < 1.29 is 14.3 Å². The van der Waals surface area contributed by atoms with Gasteiger partial charge in [0.25, 0.3) is 5.91 Å². The molecule has 0 bridgehead atoms. The lowest BCUT2D eigenvalue weighted by Gasteiger charge is -2.34. The predicted octanol–water partition coefficient (Wildman–Crippen LogP) is 3.10. The number of carbonyl (C=O) groups excluding carboxylic acids is 2. The van der Waals surface area contributed by atoms with Crippen molar-refractivity contribution in [3.05, 3.63) is 59.2 Å². The number of amides is 2. The molecule has 6 heteroatoms. The second-order valence-electron chi connectivity index (χ2n) is 7.36. The number of hydrogen-bond acceptors (Lipinski definition) is 4. The summed E-state index contributed by atoms with van der Waals surface area (Å²) in [6.07, 6.45) is 0. The maximum absolute atomic E-state index is 12.9. The van der Waals surface area contributed by atoms with E-state index in [4.69, 9.17) is 4.74 Å². The van der Waals surface area contributed by atoms with E-state index in [1.54, 1.807) is 6.07 Å². The number of nitrogens with one attached hydrogen (secondary N) is 1. The second-order valence-corrected chi connectivity index (χ2v) is 7.36. The zero-order valence-electron chi connectivity index (χ0n) is 17.4. The molecule has 6 nitrogen and oxygen atoms in total. The highest BCUT2D eigenvalue weighted by Crippen LogP contribution is 2.21. The van der Waals surface area contributed by atoms with Crippen LogP contribution in [0.1, 0.15) is 28.4 Å². The lowest BCUT2D eigenvalue weighted by Crippen LogP contribution is -2.50. The zero-order valence-corrected chi connectivity index (χ0v) is 17.4. The molecule has 0 spiro atoms. The van der Waals surface area contributed by atoms with Crippen molar-refractivity contribution in [2.75, 3.05) is 44.6 Å². The van der Waals surface area contributed by atoms with E-state index in [0.29, 0.717) is 50.6 Å². The Morgan fingerprint density at radius 1 is 1.03 bits per heavy atom. The summed E-state index contributed by atoms with van der Waals surface area (Å²) in [4.78, 5) is 29.2. The second kappa shape index (κ2) is 9.56. The van der Waals surface area contributed by atoms with Gasteiger partial charge in [-0.2, -0.15) is 0 Å². The van der Waals surface area contributed by atoms with Crippen molar-refractivity contribution in [3.63, 3.8) is 0 Å². The van der Waals surface area contributed by atoms with Crippen LogP contribution in [0.2, 0.25) is 0 Å². The molecular weight excluding hydrogens is 366 g/mol. The quantitative estimate of drug-likeness (QED) is 0.817. The summed E-state index contributed by atoms with van der Waals surface area (Å²) in [6, 6.07) is 13.3. The van der Waals surface area contributed by atoms with Crippen molar-refractivity contribution >= 4 is 17.5 Å². The Kier molecular flexibility index (Phi) is 6.88. The van der Waals surface area contributed by atoms with Crippen LogP contribution in [-0.2, 0) is 4.79 Å². The number of hydrogen-bond donors (Lipinski definition) is 1. The van der Waals surface area contributed by atoms with E-state index in [0.717, 1.165) is 11.3 Å². The van der Waals surface area contributed by atoms with Gasteiger partial charge in [0.15, 0.2) is 0 Å². The molecule has 2 aromatic carbocycles. The van der Waals surface area contributed by atoms with Crippen LogP contribution in [0.15, 0.2) is 42.5 Å². The molecule has 0 aromatic heterocycles. The molecule has 1 aliphatic rings. The Bertz CT molecular complexity index is 873. The standard InChI is InChI=1S/C23H29N3O3/c1-4-29-21-8-6-5-7-19(21)23(28)26-13-11-25(12-14-26)16-22(27)24-20-10-9-17(2)15-18(20)3/h5-10,15H,4,11-14,16H2,1-3H3,(H,24,27). The number of carbonyl (C=O) groups is 2. The van der Waals surface area contributed by atoms with Crippen molar-refractivity contribution in [2.45, 2.75) is 20.8 Å². The number of rotatable bonds is 6. The molecule has 0 aliphatic carbocycles. The molecule has 0 radical (unpaired) electrons. The average molecular weight is 396 g/mol. The number of para-hydroxylation sites is 1. The summed E-state index contributed by atoms with van der Waals surface area (Å²) >= 11 is 0. The molecule has 2 amide bonds. The number of nitrogens with zero attached hydrogens (tertiary/aromatic N) is 2. The van der Waals surface area contributed by atoms with E-state index >= 15 is 0 Å². The zero-order chi connectivity index (χ0) is 20.8. The van der Waals surface area contributed by atoms with E-state index in [1.165, 1.54) is 5.56 Å². The summed E-state index contributed by atoms with van der Waals surface area (Å²) in [5.41, 5.74) is 3.67. The normalized spacial score (nSPS) is 14.5. The van der Waals surface area contributed by atoms with E-state index in [9.17, 15) is 9.59 Å². The summed E-state index contributed by atoms with van der Waals surface area (Å²) < 4.78 is 5.59. The molecule has 3 rings (SSSR count). The van der Waals surface area contributed by atoms with Gasteiger partial charge in [-0.25, -0.2) is 0 Å². The Labute approximate surface area is 172 Å².